The molecule has 0 heterocycles. The van der Waals surface area contributed by atoms with Gasteiger partial charge < -0.3 is 14.9 Å². The zero-order valence-electron chi connectivity index (χ0n) is 8.90. The molecule has 0 saturated carbocycles. The molecule has 86 valence electrons. The number of esters is 1. The second-order valence-corrected chi connectivity index (χ2v) is 2.77. The molecule has 1 unspecified atom stereocenters. The number of carboxylic acids is 1. The summed E-state index contributed by atoms with van der Waals surface area (Å²) in [6.07, 6.45) is 0.225. The maximum absolute atomic E-state index is 10.6. The van der Waals surface area contributed by atoms with Gasteiger partial charge in [-0.1, -0.05) is 13.2 Å². The van der Waals surface area contributed by atoms with Crippen LogP contribution in [-0.2, 0) is 14.3 Å². The molecule has 0 radical (unpaired) electrons. The summed E-state index contributed by atoms with van der Waals surface area (Å²) in [5.74, 6) is -1.44. The number of aliphatic carboxylic acids is 1. The first-order chi connectivity index (χ1) is 6.81. The van der Waals surface area contributed by atoms with Crippen LogP contribution >= 0.6 is 0 Å². The first kappa shape index (κ1) is 15.8. The first-order valence-electron chi connectivity index (χ1n) is 4.17. The van der Waals surface area contributed by atoms with Crippen LogP contribution in [0.15, 0.2) is 24.8 Å². The summed E-state index contributed by atoms with van der Waals surface area (Å²) in [6.45, 7) is 9.48. The molecular formula is C10H16O5. The summed E-state index contributed by atoms with van der Waals surface area (Å²) < 4.78 is 4.58. The molecule has 0 aromatic carbocycles. The average Bonchev–Trinajstić information content (AvgIpc) is 2.14. The van der Waals surface area contributed by atoms with E-state index in [1.54, 1.807) is 13.8 Å². The summed E-state index contributed by atoms with van der Waals surface area (Å²) in [5, 5.41) is 16.3. The van der Waals surface area contributed by atoms with E-state index in [9.17, 15) is 9.59 Å². The molecule has 2 N–H and O–H groups in total. The summed E-state index contributed by atoms with van der Waals surface area (Å²) >= 11 is 0. The van der Waals surface area contributed by atoms with Gasteiger partial charge in [0.2, 0.25) is 0 Å². The van der Waals surface area contributed by atoms with E-state index in [1.165, 1.54) is 0 Å². The van der Waals surface area contributed by atoms with Gasteiger partial charge >= 0.3 is 11.9 Å². The molecule has 0 fully saturated rings. The Morgan fingerprint density at radius 2 is 1.93 bits per heavy atom. The van der Waals surface area contributed by atoms with Gasteiger partial charge in [0.1, 0.15) is 6.61 Å². The minimum atomic E-state index is -0.981. The number of carboxylic acid groups (broad SMARTS) is 1. The molecular weight excluding hydrogens is 200 g/mol. The molecule has 0 rings (SSSR count). The van der Waals surface area contributed by atoms with Gasteiger partial charge in [-0.3, -0.25) is 0 Å². The van der Waals surface area contributed by atoms with Crippen LogP contribution in [0.25, 0.3) is 0 Å². The summed E-state index contributed by atoms with van der Waals surface area (Å²) in [7, 11) is 0. The lowest BCUT2D eigenvalue weighted by Crippen LogP contribution is -2.15. The van der Waals surface area contributed by atoms with Crippen molar-refractivity contribution in [1.82, 2.24) is 0 Å². The van der Waals surface area contributed by atoms with Crippen LogP contribution in [0, 0.1) is 0 Å². The van der Waals surface area contributed by atoms with Gasteiger partial charge in [0.05, 0.1) is 6.10 Å². The highest BCUT2D eigenvalue weighted by Crippen LogP contribution is 1.92. The molecule has 0 aromatic rings. The number of hydrogen-bond donors (Lipinski definition) is 2. The minimum Gasteiger partial charge on any atom is -0.478 e. The molecule has 5 nitrogen and oxygen atoms in total. The monoisotopic (exact) mass is 216 g/mol. The Morgan fingerprint density at radius 3 is 2.13 bits per heavy atom. The molecule has 5 heteroatoms. The summed E-state index contributed by atoms with van der Waals surface area (Å²) in [4.78, 5) is 19.9. The number of aliphatic hydroxyl groups is 1. The number of hydrogen-bond acceptors (Lipinski definition) is 4. The quantitative estimate of drug-likeness (QED) is 0.535. The number of carbonyl (C=O) groups excluding carboxylic acids is 1. The molecule has 0 aliphatic rings. The van der Waals surface area contributed by atoms with E-state index in [-0.39, 0.29) is 6.61 Å². The molecule has 1 atom stereocenters. The number of aliphatic hydroxyl groups excluding tert-OH is 1. The summed E-state index contributed by atoms with van der Waals surface area (Å²) in [5.41, 5.74) is 0.348. The van der Waals surface area contributed by atoms with Crippen molar-refractivity contribution < 1.29 is 24.5 Å². The fourth-order valence-electron chi connectivity index (χ4n) is 0.319. The van der Waals surface area contributed by atoms with Crippen molar-refractivity contribution in [3.63, 3.8) is 0 Å². The Hall–Kier alpha value is -1.62. The highest BCUT2D eigenvalue weighted by atomic mass is 16.5. The second kappa shape index (κ2) is 8.96. The van der Waals surface area contributed by atoms with E-state index in [0.717, 1.165) is 6.08 Å². The normalized spacial score (nSPS) is 10.3. The van der Waals surface area contributed by atoms with Crippen LogP contribution in [0.1, 0.15) is 13.8 Å². The van der Waals surface area contributed by atoms with E-state index < -0.39 is 18.0 Å². The van der Waals surface area contributed by atoms with E-state index >= 15 is 0 Å². The fourth-order valence-corrected chi connectivity index (χ4v) is 0.319. The maximum atomic E-state index is 10.6. The molecule has 0 aliphatic heterocycles. The number of carbonyl (C=O) groups is 2. The van der Waals surface area contributed by atoms with E-state index in [0.29, 0.717) is 5.57 Å². The Labute approximate surface area is 88.7 Å². The lowest BCUT2D eigenvalue weighted by atomic mass is 10.3. The molecule has 15 heavy (non-hydrogen) atoms. The van der Waals surface area contributed by atoms with Crippen molar-refractivity contribution in [2.24, 2.45) is 0 Å². The van der Waals surface area contributed by atoms with Crippen molar-refractivity contribution in [2.45, 2.75) is 20.0 Å². The van der Waals surface area contributed by atoms with Crippen LogP contribution in [0.2, 0.25) is 0 Å². The lowest BCUT2D eigenvalue weighted by molar-refractivity contribution is -0.141. The van der Waals surface area contributed by atoms with Crippen LogP contribution in [0.5, 0.6) is 0 Å². The minimum absolute atomic E-state index is 0.0334. The van der Waals surface area contributed by atoms with E-state index in [2.05, 4.69) is 17.9 Å². The first-order valence-corrected chi connectivity index (χ1v) is 4.17. The highest BCUT2D eigenvalue weighted by Gasteiger charge is 2.03. The zero-order valence-corrected chi connectivity index (χ0v) is 8.90. The topological polar surface area (TPSA) is 83.8 Å². The number of ether oxygens (including phenoxy) is 1. The third-order valence-corrected chi connectivity index (χ3v) is 0.979. The molecule has 0 saturated heterocycles. The lowest BCUT2D eigenvalue weighted by Gasteiger charge is -2.04. The van der Waals surface area contributed by atoms with Crippen molar-refractivity contribution in [3.8, 4) is 0 Å². The van der Waals surface area contributed by atoms with E-state index in [4.69, 9.17) is 10.2 Å². The third-order valence-electron chi connectivity index (χ3n) is 0.979. The van der Waals surface area contributed by atoms with Gasteiger partial charge in [-0.15, -0.1) is 0 Å². The molecule has 0 aliphatic carbocycles. The van der Waals surface area contributed by atoms with Crippen LogP contribution < -0.4 is 0 Å². The van der Waals surface area contributed by atoms with Crippen molar-refractivity contribution in [1.29, 1.82) is 0 Å². The smallest absolute Gasteiger partial charge is 0.333 e. The van der Waals surface area contributed by atoms with Gasteiger partial charge in [0, 0.05) is 11.6 Å². The SMILES string of the molecule is C=C(C)C(=O)OCC(C)O.C=CC(=O)O. The van der Waals surface area contributed by atoms with Crippen molar-refractivity contribution in [3.05, 3.63) is 24.8 Å². The van der Waals surface area contributed by atoms with Crippen LogP contribution in [-0.4, -0.2) is 34.9 Å². The third kappa shape index (κ3) is 15.2. The Balaban J connectivity index is 0. The Morgan fingerprint density at radius 1 is 1.53 bits per heavy atom. The predicted molar refractivity (Wildman–Crippen MR) is 55.3 cm³/mol. The Bertz CT molecular complexity index is 242. The van der Waals surface area contributed by atoms with Gasteiger partial charge in [-0.2, -0.15) is 0 Å². The number of rotatable bonds is 4. The van der Waals surface area contributed by atoms with Gasteiger partial charge in [0.25, 0.3) is 0 Å². The van der Waals surface area contributed by atoms with Gasteiger partial charge in [-0.05, 0) is 13.8 Å². The van der Waals surface area contributed by atoms with Crippen LogP contribution in [0.4, 0.5) is 0 Å². The second-order valence-electron chi connectivity index (χ2n) is 2.77. The Kier molecular flexibility index (Phi) is 9.45. The van der Waals surface area contributed by atoms with Crippen molar-refractivity contribution in [2.75, 3.05) is 6.61 Å². The van der Waals surface area contributed by atoms with Gasteiger partial charge in [0.15, 0.2) is 0 Å². The average molecular weight is 216 g/mol. The summed E-state index contributed by atoms with van der Waals surface area (Å²) in [6, 6.07) is 0. The van der Waals surface area contributed by atoms with E-state index in [1.807, 2.05) is 0 Å². The van der Waals surface area contributed by atoms with Gasteiger partial charge in [-0.25, -0.2) is 9.59 Å². The zero-order chi connectivity index (χ0) is 12.4. The molecule has 0 bridgehead atoms. The van der Waals surface area contributed by atoms with Crippen LogP contribution in [0.3, 0.4) is 0 Å². The van der Waals surface area contributed by atoms with Crippen molar-refractivity contribution >= 4 is 11.9 Å². The molecule has 0 spiro atoms. The predicted octanol–water partition coefficient (Wildman–Crippen LogP) is 0.744. The molecule has 0 aromatic heterocycles. The fraction of sp³-hybridized carbons (Fsp3) is 0.400. The largest absolute Gasteiger partial charge is 0.478 e. The maximum Gasteiger partial charge on any atom is 0.333 e. The molecule has 0 amide bonds. The standard InChI is InChI=1S/C7H12O3.C3H4O2/c1-5(2)7(9)10-4-6(3)8;1-2-3(4)5/h6,8H,1,4H2,2-3H3;2H,1H2,(H,4,5). The highest BCUT2D eigenvalue weighted by molar-refractivity contribution is 5.86.